The van der Waals surface area contributed by atoms with Crippen molar-refractivity contribution in [2.45, 2.75) is 24.8 Å². The van der Waals surface area contributed by atoms with Crippen molar-refractivity contribution in [1.29, 1.82) is 0 Å². The Morgan fingerprint density at radius 3 is 2.36 bits per heavy atom. The molecule has 3 aromatic carbocycles. The zero-order chi connectivity index (χ0) is 23.8. The number of hydrogen-bond acceptors (Lipinski definition) is 4. The van der Waals surface area contributed by atoms with Crippen LogP contribution in [0.25, 0.3) is 0 Å². The van der Waals surface area contributed by atoms with Gasteiger partial charge in [-0.2, -0.15) is 9.41 Å². The van der Waals surface area contributed by atoms with Crippen molar-refractivity contribution in [1.82, 2.24) is 9.73 Å². The van der Waals surface area contributed by atoms with Gasteiger partial charge in [0.1, 0.15) is 4.90 Å². The first-order chi connectivity index (χ1) is 15.8. The van der Waals surface area contributed by atoms with Gasteiger partial charge in [-0.15, -0.1) is 0 Å². The van der Waals surface area contributed by atoms with Crippen LogP contribution in [0.4, 0.5) is 0 Å². The highest BCUT2D eigenvalue weighted by Gasteiger charge is 2.29. The summed E-state index contributed by atoms with van der Waals surface area (Å²) in [5.41, 5.74) is 5.11. The molecule has 0 bridgehead atoms. The lowest BCUT2D eigenvalue weighted by atomic mass is 10.1. The first kappa shape index (κ1) is 24.9. The molecular weight excluding hydrogens is 481 g/mol. The Hall–Kier alpha value is -2.71. The summed E-state index contributed by atoms with van der Waals surface area (Å²) in [6, 6.07) is 20.9. The molecular formula is C24H23Cl2N3O3S. The molecule has 0 saturated heterocycles. The van der Waals surface area contributed by atoms with Crippen molar-refractivity contribution < 1.29 is 13.2 Å². The van der Waals surface area contributed by atoms with E-state index in [2.05, 4.69) is 17.5 Å². The third-order valence-electron chi connectivity index (χ3n) is 4.82. The average Bonchev–Trinajstić information content (AvgIpc) is 2.81. The molecule has 1 N–H and O–H groups in total. The maximum absolute atomic E-state index is 13.4. The second kappa shape index (κ2) is 11.4. The van der Waals surface area contributed by atoms with Gasteiger partial charge in [0.2, 0.25) is 10.0 Å². The number of halogens is 2. The van der Waals surface area contributed by atoms with Crippen LogP contribution in [-0.4, -0.2) is 31.4 Å². The van der Waals surface area contributed by atoms with E-state index in [1.54, 1.807) is 24.3 Å². The standard InChI is InChI=1S/C24H23Cl2N3O3S/c1-2-18-8-10-19(11-9-18)15-27-28-24(30)17-29(16-20-6-4-3-5-7-20)33(31,32)23-14-21(25)12-13-22(23)26/h3-15H,2,16-17H2,1H3,(H,28,30)/b27-15-. The van der Waals surface area contributed by atoms with Crippen molar-refractivity contribution in [3.63, 3.8) is 0 Å². The molecule has 0 aromatic heterocycles. The van der Waals surface area contributed by atoms with E-state index in [4.69, 9.17) is 23.2 Å². The van der Waals surface area contributed by atoms with Crippen LogP contribution in [0, 0.1) is 0 Å². The summed E-state index contributed by atoms with van der Waals surface area (Å²) in [6.07, 6.45) is 2.43. The van der Waals surface area contributed by atoms with E-state index < -0.39 is 22.5 Å². The number of nitrogens with zero attached hydrogens (tertiary/aromatic N) is 2. The average molecular weight is 504 g/mol. The molecule has 0 spiro atoms. The molecule has 0 aliphatic heterocycles. The molecule has 172 valence electrons. The summed E-state index contributed by atoms with van der Waals surface area (Å²) >= 11 is 12.1. The van der Waals surface area contributed by atoms with Crippen LogP contribution in [0.2, 0.25) is 10.0 Å². The maximum atomic E-state index is 13.4. The lowest BCUT2D eigenvalue weighted by molar-refractivity contribution is -0.121. The SMILES string of the molecule is CCc1ccc(/C=N\NC(=O)CN(Cc2ccccc2)S(=O)(=O)c2cc(Cl)ccc2Cl)cc1. The Morgan fingerprint density at radius 1 is 1.00 bits per heavy atom. The van der Waals surface area contributed by atoms with Gasteiger partial charge in [0, 0.05) is 11.6 Å². The largest absolute Gasteiger partial charge is 0.272 e. The molecule has 0 radical (unpaired) electrons. The summed E-state index contributed by atoms with van der Waals surface area (Å²) in [5.74, 6) is -0.589. The molecule has 33 heavy (non-hydrogen) atoms. The smallest absolute Gasteiger partial charge is 0.255 e. The first-order valence-electron chi connectivity index (χ1n) is 10.2. The lowest BCUT2D eigenvalue weighted by Gasteiger charge is -2.22. The van der Waals surface area contributed by atoms with Crippen molar-refractivity contribution in [3.8, 4) is 0 Å². The van der Waals surface area contributed by atoms with Crippen LogP contribution in [0.1, 0.15) is 23.6 Å². The highest BCUT2D eigenvalue weighted by molar-refractivity contribution is 7.89. The minimum atomic E-state index is -4.13. The summed E-state index contributed by atoms with van der Waals surface area (Å²) in [4.78, 5) is 12.4. The summed E-state index contributed by atoms with van der Waals surface area (Å²) in [6.45, 7) is 1.59. The Balaban J connectivity index is 1.79. The fourth-order valence-corrected chi connectivity index (χ4v) is 5.16. The third kappa shape index (κ3) is 6.88. The summed E-state index contributed by atoms with van der Waals surface area (Å²) in [5, 5.41) is 4.19. The van der Waals surface area contributed by atoms with Gasteiger partial charge in [0.05, 0.1) is 17.8 Å². The van der Waals surface area contributed by atoms with Gasteiger partial charge in [-0.1, -0.05) is 84.7 Å². The molecule has 0 unspecified atom stereocenters. The van der Waals surface area contributed by atoms with Crippen LogP contribution >= 0.6 is 23.2 Å². The molecule has 0 aliphatic carbocycles. The van der Waals surface area contributed by atoms with Crippen molar-refractivity contribution >= 4 is 45.3 Å². The van der Waals surface area contributed by atoms with Gasteiger partial charge >= 0.3 is 0 Å². The second-order valence-electron chi connectivity index (χ2n) is 7.22. The third-order valence-corrected chi connectivity index (χ3v) is 7.33. The van der Waals surface area contributed by atoms with Crippen molar-refractivity contribution in [3.05, 3.63) is 99.5 Å². The highest BCUT2D eigenvalue weighted by atomic mass is 35.5. The molecule has 9 heteroatoms. The number of nitrogens with one attached hydrogen (secondary N) is 1. The lowest BCUT2D eigenvalue weighted by Crippen LogP contribution is -2.39. The number of benzene rings is 3. The fourth-order valence-electron chi connectivity index (χ4n) is 3.04. The molecule has 6 nitrogen and oxygen atoms in total. The van der Waals surface area contributed by atoms with E-state index in [1.165, 1.54) is 30.0 Å². The minimum Gasteiger partial charge on any atom is -0.272 e. The number of carbonyl (C=O) groups is 1. The number of hydrogen-bond donors (Lipinski definition) is 1. The monoisotopic (exact) mass is 503 g/mol. The van der Waals surface area contributed by atoms with Crippen molar-refractivity contribution in [2.75, 3.05) is 6.54 Å². The van der Waals surface area contributed by atoms with E-state index in [-0.39, 0.29) is 21.5 Å². The number of hydrazone groups is 1. The molecule has 0 atom stereocenters. The Labute approximate surface area is 203 Å². The highest BCUT2D eigenvalue weighted by Crippen LogP contribution is 2.28. The number of amides is 1. The zero-order valence-corrected chi connectivity index (χ0v) is 20.2. The van der Waals surface area contributed by atoms with Crippen LogP contribution < -0.4 is 5.43 Å². The quantitative estimate of drug-likeness (QED) is 0.333. The number of carbonyl (C=O) groups excluding carboxylic acids is 1. The van der Waals surface area contributed by atoms with Crippen LogP contribution in [0.5, 0.6) is 0 Å². The van der Waals surface area contributed by atoms with Crippen LogP contribution in [0.3, 0.4) is 0 Å². The molecule has 0 fully saturated rings. The van der Waals surface area contributed by atoms with Crippen molar-refractivity contribution in [2.24, 2.45) is 5.10 Å². The normalized spacial score (nSPS) is 11.8. The number of aryl methyl sites for hydroxylation is 1. The number of rotatable bonds is 9. The zero-order valence-electron chi connectivity index (χ0n) is 17.9. The van der Waals surface area contributed by atoms with Crippen LogP contribution in [-0.2, 0) is 27.8 Å². The molecule has 3 rings (SSSR count). The molecule has 0 aliphatic rings. The Bertz CT molecular complexity index is 1230. The summed E-state index contributed by atoms with van der Waals surface area (Å²) < 4.78 is 27.8. The predicted octanol–water partition coefficient (Wildman–Crippen LogP) is 4.90. The molecule has 0 heterocycles. The van der Waals surface area contributed by atoms with Gasteiger partial charge in [-0.3, -0.25) is 4.79 Å². The van der Waals surface area contributed by atoms with E-state index >= 15 is 0 Å². The number of sulfonamides is 1. The Kier molecular flexibility index (Phi) is 8.63. The van der Waals surface area contributed by atoms with E-state index in [0.717, 1.165) is 16.3 Å². The van der Waals surface area contributed by atoms with E-state index in [1.807, 2.05) is 30.3 Å². The van der Waals surface area contributed by atoms with Gasteiger partial charge < -0.3 is 0 Å². The first-order valence-corrected chi connectivity index (χ1v) is 12.4. The molecule has 3 aromatic rings. The second-order valence-corrected chi connectivity index (χ2v) is 9.97. The Morgan fingerprint density at radius 2 is 1.70 bits per heavy atom. The van der Waals surface area contributed by atoms with Crippen LogP contribution in [0.15, 0.2) is 82.8 Å². The topological polar surface area (TPSA) is 78.8 Å². The van der Waals surface area contributed by atoms with E-state index in [9.17, 15) is 13.2 Å². The van der Waals surface area contributed by atoms with Gasteiger partial charge in [0.15, 0.2) is 0 Å². The summed E-state index contributed by atoms with van der Waals surface area (Å²) in [7, 11) is -4.13. The van der Waals surface area contributed by atoms with Gasteiger partial charge in [-0.05, 0) is 41.3 Å². The predicted molar refractivity (Wildman–Crippen MR) is 132 cm³/mol. The molecule has 0 saturated carbocycles. The van der Waals surface area contributed by atoms with Gasteiger partial charge in [-0.25, -0.2) is 13.8 Å². The molecule has 1 amide bonds. The van der Waals surface area contributed by atoms with Gasteiger partial charge in [0.25, 0.3) is 5.91 Å². The van der Waals surface area contributed by atoms with E-state index in [0.29, 0.717) is 5.56 Å². The minimum absolute atomic E-state index is 0.0198. The fraction of sp³-hybridized carbons (Fsp3) is 0.167. The maximum Gasteiger partial charge on any atom is 0.255 e.